The van der Waals surface area contributed by atoms with E-state index in [0.29, 0.717) is 10.6 Å². The van der Waals surface area contributed by atoms with E-state index in [1.165, 1.54) is 4.88 Å². The molecule has 0 spiro atoms. The fourth-order valence-corrected chi connectivity index (χ4v) is 2.76. The van der Waals surface area contributed by atoms with E-state index in [1.807, 2.05) is 31.2 Å². The second-order valence-electron chi connectivity index (χ2n) is 3.89. The molecule has 0 amide bonds. The van der Waals surface area contributed by atoms with Crippen LogP contribution in [0, 0.1) is 6.92 Å². The third kappa shape index (κ3) is 2.43. The summed E-state index contributed by atoms with van der Waals surface area (Å²) < 4.78 is 0. The molecule has 0 saturated heterocycles. The van der Waals surface area contributed by atoms with E-state index < -0.39 is 0 Å². The van der Waals surface area contributed by atoms with Crippen LogP contribution < -0.4 is 0 Å². The number of benzene rings is 1. The molecule has 1 aromatic heterocycles. The highest BCUT2D eigenvalue weighted by Crippen LogP contribution is 2.26. The highest BCUT2D eigenvalue weighted by atomic mass is 35.5. The minimum atomic E-state index is 0.0170. The van der Waals surface area contributed by atoms with Crippen LogP contribution in [-0.2, 0) is 6.42 Å². The molecule has 0 saturated carbocycles. The number of thiophene rings is 1. The number of hydrogen-bond acceptors (Lipinski definition) is 2. The van der Waals surface area contributed by atoms with Crippen molar-refractivity contribution in [2.24, 2.45) is 0 Å². The summed E-state index contributed by atoms with van der Waals surface area (Å²) in [6, 6.07) is 9.43. The summed E-state index contributed by atoms with van der Waals surface area (Å²) in [7, 11) is 0. The molecule has 3 heteroatoms. The molecule has 0 aliphatic rings. The summed E-state index contributed by atoms with van der Waals surface area (Å²) in [5.41, 5.74) is 1.53. The first-order valence-electron chi connectivity index (χ1n) is 5.52. The maximum absolute atomic E-state index is 12.3. The standard InChI is InChI=1S/C14H13ClOS/c1-3-10-7-8-12(17-10)14(16)11-6-4-5-9(2)13(11)15/h4-8H,3H2,1-2H3. The van der Waals surface area contributed by atoms with Gasteiger partial charge in [-0.05, 0) is 37.1 Å². The van der Waals surface area contributed by atoms with E-state index in [-0.39, 0.29) is 5.78 Å². The van der Waals surface area contributed by atoms with Crippen molar-refractivity contribution >= 4 is 28.7 Å². The van der Waals surface area contributed by atoms with Gasteiger partial charge in [0.25, 0.3) is 0 Å². The van der Waals surface area contributed by atoms with Crippen LogP contribution in [0.1, 0.15) is 32.6 Å². The molecule has 0 atom stereocenters. The van der Waals surface area contributed by atoms with E-state index in [1.54, 1.807) is 17.4 Å². The average Bonchev–Trinajstić information content (AvgIpc) is 2.80. The SMILES string of the molecule is CCc1ccc(C(=O)c2cccc(C)c2Cl)s1. The Labute approximate surface area is 110 Å². The van der Waals surface area contributed by atoms with Gasteiger partial charge in [0.05, 0.1) is 9.90 Å². The Kier molecular flexibility index (Phi) is 3.65. The van der Waals surface area contributed by atoms with E-state index in [2.05, 4.69) is 6.92 Å². The summed E-state index contributed by atoms with van der Waals surface area (Å²) >= 11 is 7.70. The average molecular weight is 265 g/mol. The molecule has 2 aromatic rings. The van der Waals surface area contributed by atoms with Gasteiger partial charge in [-0.1, -0.05) is 30.7 Å². The van der Waals surface area contributed by atoms with Crippen LogP contribution in [0.4, 0.5) is 0 Å². The monoisotopic (exact) mass is 264 g/mol. The van der Waals surface area contributed by atoms with Crippen LogP contribution >= 0.6 is 22.9 Å². The van der Waals surface area contributed by atoms with Crippen molar-refractivity contribution in [2.75, 3.05) is 0 Å². The zero-order valence-corrected chi connectivity index (χ0v) is 11.4. The van der Waals surface area contributed by atoms with Gasteiger partial charge in [-0.25, -0.2) is 0 Å². The quantitative estimate of drug-likeness (QED) is 0.746. The smallest absolute Gasteiger partial charge is 0.204 e. The molecular formula is C14H13ClOS. The molecule has 0 fully saturated rings. The molecule has 0 aliphatic heterocycles. The van der Waals surface area contributed by atoms with Gasteiger partial charge in [0.15, 0.2) is 0 Å². The Morgan fingerprint density at radius 3 is 2.71 bits per heavy atom. The second kappa shape index (κ2) is 5.03. The molecule has 0 bridgehead atoms. The summed E-state index contributed by atoms with van der Waals surface area (Å²) in [6.45, 7) is 3.99. The van der Waals surface area contributed by atoms with Crippen LogP contribution in [-0.4, -0.2) is 5.78 Å². The lowest BCUT2D eigenvalue weighted by molar-refractivity contribution is 0.104. The van der Waals surface area contributed by atoms with E-state index in [4.69, 9.17) is 11.6 Å². The molecule has 1 heterocycles. The molecule has 0 unspecified atom stereocenters. The maximum Gasteiger partial charge on any atom is 0.204 e. The summed E-state index contributed by atoms with van der Waals surface area (Å²) in [5.74, 6) is 0.0170. The van der Waals surface area contributed by atoms with Gasteiger partial charge >= 0.3 is 0 Å². The first kappa shape index (κ1) is 12.3. The van der Waals surface area contributed by atoms with Crippen molar-refractivity contribution in [2.45, 2.75) is 20.3 Å². The number of halogens is 1. The van der Waals surface area contributed by atoms with E-state index in [0.717, 1.165) is 16.9 Å². The summed E-state index contributed by atoms with van der Waals surface area (Å²) in [4.78, 5) is 14.3. The maximum atomic E-state index is 12.3. The van der Waals surface area contributed by atoms with Crippen molar-refractivity contribution in [1.29, 1.82) is 0 Å². The zero-order chi connectivity index (χ0) is 12.4. The minimum absolute atomic E-state index is 0.0170. The number of rotatable bonds is 3. The third-order valence-corrected chi connectivity index (χ3v) is 4.40. The van der Waals surface area contributed by atoms with Crippen molar-refractivity contribution in [3.05, 3.63) is 56.2 Å². The Hall–Kier alpha value is -1.12. The lowest BCUT2D eigenvalue weighted by atomic mass is 10.1. The van der Waals surface area contributed by atoms with Crippen LogP contribution in [0.15, 0.2) is 30.3 Å². The van der Waals surface area contributed by atoms with Crippen LogP contribution in [0.3, 0.4) is 0 Å². The fraction of sp³-hybridized carbons (Fsp3) is 0.214. The summed E-state index contributed by atoms with van der Waals surface area (Å²) in [5, 5.41) is 0.559. The number of aryl methyl sites for hydroxylation is 2. The Morgan fingerprint density at radius 2 is 2.06 bits per heavy atom. The molecule has 17 heavy (non-hydrogen) atoms. The Balaban J connectivity index is 2.40. The van der Waals surface area contributed by atoms with E-state index in [9.17, 15) is 4.79 Å². The molecular weight excluding hydrogens is 252 g/mol. The van der Waals surface area contributed by atoms with Gasteiger partial charge in [0.1, 0.15) is 0 Å². The molecule has 0 N–H and O–H groups in total. The van der Waals surface area contributed by atoms with Gasteiger partial charge in [0.2, 0.25) is 5.78 Å². The third-order valence-electron chi connectivity index (χ3n) is 2.67. The first-order valence-corrected chi connectivity index (χ1v) is 6.71. The minimum Gasteiger partial charge on any atom is -0.288 e. The van der Waals surface area contributed by atoms with Crippen LogP contribution in [0.2, 0.25) is 5.02 Å². The van der Waals surface area contributed by atoms with Gasteiger partial charge in [-0.3, -0.25) is 4.79 Å². The van der Waals surface area contributed by atoms with Gasteiger partial charge < -0.3 is 0 Å². The molecule has 0 aliphatic carbocycles. The predicted octanol–water partition coefficient (Wildman–Crippen LogP) is 4.50. The van der Waals surface area contributed by atoms with E-state index >= 15 is 0 Å². The zero-order valence-electron chi connectivity index (χ0n) is 9.79. The van der Waals surface area contributed by atoms with Crippen molar-refractivity contribution in [3.63, 3.8) is 0 Å². The normalized spacial score (nSPS) is 10.5. The Morgan fingerprint density at radius 1 is 1.29 bits per heavy atom. The number of hydrogen-bond donors (Lipinski definition) is 0. The van der Waals surface area contributed by atoms with Crippen molar-refractivity contribution in [1.82, 2.24) is 0 Å². The second-order valence-corrected chi connectivity index (χ2v) is 5.43. The molecule has 0 radical (unpaired) electrons. The lowest BCUT2D eigenvalue weighted by Gasteiger charge is -2.04. The predicted molar refractivity (Wildman–Crippen MR) is 73.3 cm³/mol. The van der Waals surface area contributed by atoms with Crippen molar-refractivity contribution in [3.8, 4) is 0 Å². The topological polar surface area (TPSA) is 17.1 Å². The van der Waals surface area contributed by atoms with Gasteiger partial charge in [-0.2, -0.15) is 0 Å². The first-order chi connectivity index (χ1) is 8.13. The fourth-order valence-electron chi connectivity index (χ4n) is 1.65. The number of carbonyl (C=O) groups excluding carboxylic acids is 1. The number of ketones is 1. The Bertz CT molecular complexity index is 557. The molecule has 88 valence electrons. The van der Waals surface area contributed by atoms with Crippen molar-refractivity contribution < 1.29 is 4.79 Å². The highest BCUT2D eigenvalue weighted by Gasteiger charge is 2.15. The molecule has 1 nitrogen and oxygen atoms in total. The lowest BCUT2D eigenvalue weighted by Crippen LogP contribution is -2.00. The molecule has 2 rings (SSSR count). The van der Waals surface area contributed by atoms with Crippen LogP contribution in [0.5, 0.6) is 0 Å². The summed E-state index contributed by atoms with van der Waals surface area (Å²) in [6.07, 6.45) is 0.958. The molecule has 1 aromatic carbocycles. The van der Waals surface area contributed by atoms with Crippen LogP contribution in [0.25, 0.3) is 0 Å². The van der Waals surface area contributed by atoms with Gasteiger partial charge in [0, 0.05) is 10.4 Å². The largest absolute Gasteiger partial charge is 0.288 e. The number of carbonyl (C=O) groups is 1. The van der Waals surface area contributed by atoms with Gasteiger partial charge in [-0.15, -0.1) is 11.3 Å². The highest BCUT2D eigenvalue weighted by molar-refractivity contribution is 7.14.